The number of carbonyl (C=O) groups is 2. The molecule has 0 fully saturated rings. The van der Waals surface area contributed by atoms with Gasteiger partial charge in [-0.05, 0) is 19.1 Å². The van der Waals surface area contributed by atoms with Crippen LogP contribution in [0.25, 0.3) is 0 Å². The van der Waals surface area contributed by atoms with Crippen LogP contribution >= 0.6 is 0 Å². The lowest BCUT2D eigenvalue weighted by Crippen LogP contribution is -2.28. The van der Waals surface area contributed by atoms with Gasteiger partial charge in [0.25, 0.3) is 0 Å². The second kappa shape index (κ2) is 6.66. The zero-order chi connectivity index (χ0) is 11.8. The Bertz CT molecular complexity index is 332. The molecule has 88 valence electrons. The average molecular weight is 225 g/mol. The highest BCUT2D eigenvalue weighted by molar-refractivity contribution is 5.94. The summed E-state index contributed by atoms with van der Waals surface area (Å²) >= 11 is 0. The molecular formula is C11H15NO4. The summed E-state index contributed by atoms with van der Waals surface area (Å²) in [7, 11) is 0. The third-order valence-electron chi connectivity index (χ3n) is 1.88. The van der Waals surface area contributed by atoms with Crippen molar-refractivity contribution in [2.24, 2.45) is 0 Å². The van der Waals surface area contributed by atoms with Gasteiger partial charge >= 0.3 is 5.97 Å². The highest BCUT2D eigenvalue weighted by Gasteiger charge is 2.09. The highest BCUT2D eigenvalue weighted by atomic mass is 16.5. The molecule has 0 unspecified atom stereocenters. The molecule has 1 rings (SSSR count). The van der Waals surface area contributed by atoms with Crippen LogP contribution in [0.5, 0.6) is 0 Å². The van der Waals surface area contributed by atoms with E-state index >= 15 is 0 Å². The number of rotatable bonds is 6. The first kappa shape index (κ1) is 12.3. The van der Waals surface area contributed by atoms with Crippen LogP contribution in [-0.2, 0) is 20.7 Å². The predicted molar refractivity (Wildman–Crippen MR) is 56.7 cm³/mol. The molecule has 0 bridgehead atoms. The van der Waals surface area contributed by atoms with Gasteiger partial charge < -0.3 is 14.5 Å². The Balaban J connectivity index is 2.13. The molecule has 1 amide bonds. The zero-order valence-corrected chi connectivity index (χ0v) is 9.19. The summed E-state index contributed by atoms with van der Waals surface area (Å²) < 4.78 is 9.74. The van der Waals surface area contributed by atoms with Gasteiger partial charge in [0.05, 0.1) is 12.9 Å². The van der Waals surface area contributed by atoms with Gasteiger partial charge in [0, 0.05) is 13.0 Å². The van der Waals surface area contributed by atoms with Crippen molar-refractivity contribution < 1.29 is 18.7 Å². The van der Waals surface area contributed by atoms with Crippen LogP contribution in [-0.4, -0.2) is 25.0 Å². The monoisotopic (exact) mass is 225 g/mol. The fourth-order valence-corrected chi connectivity index (χ4v) is 1.19. The summed E-state index contributed by atoms with van der Waals surface area (Å²) in [5, 5.41) is 2.61. The number of amides is 1. The van der Waals surface area contributed by atoms with Crippen LogP contribution in [0.2, 0.25) is 0 Å². The standard InChI is InChI=1S/C11H15NO4/c1-2-15-11(14)8-10(13)12-6-5-9-4-3-7-16-9/h3-4,7H,2,5-6,8H2,1H3,(H,12,13). The lowest BCUT2D eigenvalue weighted by atomic mass is 10.3. The summed E-state index contributed by atoms with van der Waals surface area (Å²) in [5.41, 5.74) is 0. The molecule has 0 aliphatic rings. The normalized spacial score (nSPS) is 9.81. The van der Waals surface area contributed by atoms with Gasteiger partial charge in [-0.1, -0.05) is 0 Å². The summed E-state index contributed by atoms with van der Waals surface area (Å²) in [6.45, 7) is 2.44. The molecule has 0 aliphatic carbocycles. The second-order valence-corrected chi connectivity index (χ2v) is 3.16. The highest BCUT2D eigenvalue weighted by Crippen LogP contribution is 1.99. The van der Waals surface area contributed by atoms with Crippen LogP contribution in [0.3, 0.4) is 0 Å². The van der Waals surface area contributed by atoms with E-state index < -0.39 is 5.97 Å². The summed E-state index contributed by atoms with van der Waals surface area (Å²) in [6.07, 6.45) is 1.96. The number of furan rings is 1. The van der Waals surface area contributed by atoms with Crippen LogP contribution in [0.4, 0.5) is 0 Å². The van der Waals surface area contributed by atoms with Crippen molar-refractivity contribution in [2.75, 3.05) is 13.2 Å². The number of hydrogen-bond acceptors (Lipinski definition) is 4. The van der Waals surface area contributed by atoms with Crippen molar-refractivity contribution in [1.29, 1.82) is 0 Å². The van der Waals surface area contributed by atoms with E-state index in [9.17, 15) is 9.59 Å². The first-order chi connectivity index (χ1) is 7.72. The maximum atomic E-state index is 11.2. The van der Waals surface area contributed by atoms with Gasteiger partial charge in [-0.25, -0.2) is 0 Å². The smallest absolute Gasteiger partial charge is 0.315 e. The minimum absolute atomic E-state index is 0.230. The van der Waals surface area contributed by atoms with Crippen LogP contribution in [0.15, 0.2) is 22.8 Å². The fourth-order valence-electron chi connectivity index (χ4n) is 1.19. The minimum atomic E-state index is -0.502. The SMILES string of the molecule is CCOC(=O)CC(=O)NCCc1ccco1. The third kappa shape index (κ3) is 4.63. The van der Waals surface area contributed by atoms with E-state index in [1.54, 1.807) is 19.3 Å². The molecule has 0 spiro atoms. The predicted octanol–water partition coefficient (Wildman–Crippen LogP) is 0.891. The van der Waals surface area contributed by atoms with Crippen molar-refractivity contribution in [3.05, 3.63) is 24.2 Å². The van der Waals surface area contributed by atoms with E-state index in [0.29, 0.717) is 19.6 Å². The van der Waals surface area contributed by atoms with Crippen molar-refractivity contribution in [2.45, 2.75) is 19.8 Å². The Hall–Kier alpha value is -1.78. The van der Waals surface area contributed by atoms with E-state index in [4.69, 9.17) is 4.42 Å². The maximum absolute atomic E-state index is 11.2. The van der Waals surface area contributed by atoms with Crippen molar-refractivity contribution in [3.63, 3.8) is 0 Å². The van der Waals surface area contributed by atoms with E-state index in [0.717, 1.165) is 5.76 Å². The molecule has 0 aliphatic heterocycles. The topological polar surface area (TPSA) is 68.5 Å². The summed E-state index contributed by atoms with van der Waals surface area (Å²) in [4.78, 5) is 22.2. The number of esters is 1. The molecule has 16 heavy (non-hydrogen) atoms. The number of carbonyl (C=O) groups excluding carboxylic acids is 2. The third-order valence-corrected chi connectivity index (χ3v) is 1.88. The van der Waals surface area contributed by atoms with Crippen LogP contribution in [0, 0.1) is 0 Å². The lowest BCUT2D eigenvalue weighted by Gasteiger charge is -2.03. The number of hydrogen-bond donors (Lipinski definition) is 1. The van der Waals surface area contributed by atoms with Crippen molar-refractivity contribution >= 4 is 11.9 Å². The van der Waals surface area contributed by atoms with E-state index in [1.165, 1.54) is 0 Å². The van der Waals surface area contributed by atoms with E-state index in [2.05, 4.69) is 10.1 Å². The molecule has 1 heterocycles. The Morgan fingerprint density at radius 3 is 2.94 bits per heavy atom. The van der Waals surface area contributed by atoms with Gasteiger partial charge in [0.15, 0.2) is 0 Å². The zero-order valence-electron chi connectivity index (χ0n) is 9.19. The first-order valence-corrected chi connectivity index (χ1v) is 5.17. The molecule has 0 saturated carbocycles. The second-order valence-electron chi connectivity index (χ2n) is 3.16. The summed E-state index contributed by atoms with van der Waals surface area (Å²) in [6, 6.07) is 3.62. The van der Waals surface area contributed by atoms with Crippen molar-refractivity contribution in [3.8, 4) is 0 Å². The molecule has 5 nitrogen and oxygen atoms in total. The minimum Gasteiger partial charge on any atom is -0.469 e. The Morgan fingerprint density at radius 1 is 1.50 bits per heavy atom. The molecule has 0 saturated heterocycles. The van der Waals surface area contributed by atoms with E-state index in [-0.39, 0.29) is 12.3 Å². The lowest BCUT2D eigenvalue weighted by molar-refractivity contribution is -0.145. The molecule has 1 N–H and O–H groups in total. The van der Waals surface area contributed by atoms with Gasteiger partial charge in [-0.2, -0.15) is 0 Å². The van der Waals surface area contributed by atoms with Crippen molar-refractivity contribution in [1.82, 2.24) is 5.32 Å². The first-order valence-electron chi connectivity index (χ1n) is 5.17. The largest absolute Gasteiger partial charge is 0.469 e. The van der Waals surface area contributed by atoms with Crippen LogP contribution < -0.4 is 5.32 Å². The summed E-state index contributed by atoms with van der Waals surface area (Å²) in [5.74, 6) is -0.0283. The fraction of sp³-hybridized carbons (Fsp3) is 0.455. The van der Waals surface area contributed by atoms with Gasteiger partial charge in [0.2, 0.25) is 5.91 Å². The van der Waals surface area contributed by atoms with Crippen LogP contribution in [0.1, 0.15) is 19.1 Å². The van der Waals surface area contributed by atoms with Gasteiger partial charge in [0.1, 0.15) is 12.2 Å². The maximum Gasteiger partial charge on any atom is 0.315 e. The van der Waals surface area contributed by atoms with Gasteiger partial charge in [-0.3, -0.25) is 9.59 Å². The Morgan fingerprint density at radius 2 is 2.31 bits per heavy atom. The van der Waals surface area contributed by atoms with Gasteiger partial charge in [-0.15, -0.1) is 0 Å². The molecule has 0 atom stereocenters. The van der Waals surface area contributed by atoms with E-state index in [1.807, 2.05) is 6.07 Å². The Labute approximate surface area is 93.8 Å². The molecule has 5 heteroatoms. The number of ether oxygens (including phenoxy) is 1. The molecule has 0 radical (unpaired) electrons. The quantitative estimate of drug-likeness (QED) is 0.576. The Kier molecular flexibility index (Phi) is 5.11. The average Bonchev–Trinajstić information content (AvgIpc) is 2.70. The number of nitrogens with one attached hydrogen (secondary N) is 1. The molecule has 1 aromatic heterocycles. The molecule has 1 aromatic rings. The molecule has 0 aromatic carbocycles. The molecular weight excluding hydrogens is 210 g/mol.